The number of thioether (sulfide) groups is 1. The second-order valence-corrected chi connectivity index (χ2v) is 8.36. The molecule has 0 bridgehead atoms. The molecule has 1 aliphatic rings. The molecule has 1 unspecified atom stereocenters. The first-order valence-corrected chi connectivity index (χ1v) is 11.1. The molecule has 0 fully saturated rings. The highest BCUT2D eigenvalue weighted by atomic mass is 32.2. The van der Waals surface area contributed by atoms with Gasteiger partial charge in [-0.1, -0.05) is 18.7 Å². The summed E-state index contributed by atoms with van der Waals surface area (Å²) in [6.45, 7) is 6.72. The van der Waals surface area contributed by atoms with Crippen molar-refractivity contribution in [2.75, 3.05) is 18.8 Å². The molecular formula is C17H27N7S2. The van der Waals surface area contributed by atoms with E-state index in [2.05, 4.69) is 39.5 Å². The van der Waals surface area contributed by atoms with E-state index in [0.29, 0.717) is 6.04 Å². The fourth-order valence-electron chi connectivity index (χ4n) is 2.84. The molecule has 3 heterocycles. The number of hydrogen-bond donors (Lipinski definition) is 2. The zero-order valence-electron chi connectivity index (χ0n) is 15.4. The SMILES string of the molecule is CCNC(=NCCCSc1nccs1)NC1CCc2nc(CC)nn2C1. The standard InChI is InChI=1S/C17H27N7S2/c1-3-14-22-15-7-6-13(12-24(15)23-14)21-16(18-4-2)19-8-5-10-25-17-20-9-11-26-17/h9,11,13H,3-8,10,12H2,1-2H3,(H2,18,19,21). The van der Waals surface area contributed by atoms with Gasteiger partial charge in [0, 0.05) is 49.3 Å². The summed E-state index contributed by atoms with van der Waals surface area (Å²) in [6, 6.07) is 0.344. The number of thiazole rings is 1. The minimum Gasteiger partial charge on any atom is -0.357 e. The van der Waals surface area contributed by atoms with E-state index < -0.39 is 0 Å². The van der Waals surface area contributed by atoms with Gasteiger partial charge in [-0.3, -0.25) is 4.99 Å². The van der Waals surface area contributed by atoms with Gasteiger partial charge in [-0.15, -0.1) is 11.3 Å². The number of aromatic nitrogens is 4. The molecule has 1 aliphatic heterocycles. The highest BCUT2D eigenvalue weighted by molar-refractivity contribution is 8.00. The molecule has 7 nitrogen and oxygen atoms in total. The molecule has 142 valence electrons. The number of nitrogens with one attached hydrogen (secondary N) is 2. The van der Waals surface area contributed by atoms with Gasteiger partial charge in [0.05, 0.1) is 6.54 Å². The molecule has 26 heavy (non-hydrogen) atoms. The third-order valence-corrected chi connectivity index (χ3v) is 6.16. The molecule has 0 saturated heterocycles. The van der Waals surface area contributed by atoms with E-state index in [1.165, 1.54) is 0 Å². The monoisotopic (exact) mass is 393 g/mol. The van der Waals surface area contributed by atoms with Crippen LogP contribution in [0.1, 0.15) is 38.3 Å². The van der Waals surface area contributed by atoms with Crippen molar-refractivity contribution in [3.8, 4) is 0 Å². The fraction of sp³-hybridized carbons (Fsp3) is 0.647. The van der Waals surface area contributed by atoms with Gasteiger partial charge < -0.3 is 10.6 Å². The molecule has 3 rings (SSSR count). The Hall–Kier alpha value is -1.61. The first kappa shape index (κ1) is 19.2. The summed E-state index contributed by atoms with van der Waals surface area (Å²) in [4.78, 5) is 13.6. The van der Waals surface area contributed by atoms with Crippen LogP contribution < -0.4 is 10.6 Å². The van der Waals surface area contributed by atoms with Crippen LogP contribution in [0.15, 0.2) is 20.9 Å². The quantitative estimate of drug-likeness (QED) is 0.310. The number of aliphatic imine (C=N–C) groups is 1. The van der Waals surface area contributed by atoms with Crippen LogP contribution in [-0.2, 0) is 19.4 Å². The van der Waals surface area contributed by atoms with Crippen LogP contribution >= 0.6 is 23.1 Å². The van der Waals surface area contributed by atoms with Crippen LogP contribution in [-0.4, -0.2) is 50.6 Å². The van der Waals surface area contributed by atoms with Crippen LogP contribution in [0.4, 0.5) is 0 Å². The number of fused-ring (bicyclic) bond motifs is 1. The van der Waals surface area contributed by atoms with Gasteiger partial charge in [0.1, 0.15) is 10.2 Å². The van der Waals surface area contributed by atoms with E-state index >= 15 is 0 Å². The molecule has 0 amide bonds. The summed E-state index contributed by atoms with van der Waals surface area (Å²) in [5, 5.41) is 13.5. The lowest BCUT2D eigenvalue weighted by atomic mass is 10.1. The van der Waals surface area contributed by atoms with Gasteiger partial charge in [-0.2, -0.15) is 5.10 Å². The zero-order chi connectivity index (χ0) is 18.2. The minimum atomic E-state index is 0.344. The molecule has 0 spiro atoms. The lowest BCUT2D eigenvalue weighted by Crippen LogP contribution is -2.47. The van der Waals surface area contributed by atoms with E-state index in [4.69, 9.17) is 4.99 Å². The summed E-state index contributed by atoms with van der Waals surface area (Å²) in [5.74, 6) is 4.00. The van der Waals surface area contributed by atoms with E-state index in [9.17, 15) is 0 Å². The normalized spacial score (nSPS) is 17.2. The molecule has 2 aromatic rings. The molecule has 2 N–H and O–H groups in total. The largest absolute Gasteiger partial charge is 0.357 e. The molecule has 0 aromatic carbocycles. The Bertz CT molecular complexity index is 696. The van der Waals surface area contributed by atoms with Crippen molar-refractivity contribution in [3.63, 3.8) is 0 Å². The van der Waals surface area contributed by atoms with E-state index in [1.54, 1.807) is 23.1 Å². The van der Waals surface area contributed by atoms with Gasteiger partial charge in [0.15, 0.2) is 11.8 Å². The summed E-state index contributed by atoms with van der Waals surface area (Å²) >= 11 is 3.50. The molecule has 0 saturated carbocycles. The molecule has 1 atom stereocenters. The van der Waals surface area contributed by atoms with Gasteiger partial charge in [0.25, 0.3) is 0 Å². The second kappa shape index (κ2) is 9.91. The van der Waals surface area contributed by atoms with Gasteiger partial charge in [-0.05, 0) is 19.8 Å². The molecule has 0 aliphatic carbocycles. The maximum absolute atomic E-state index is 4.72. The highest BCUT2D eigenvalue weighted by Crippen LogP contribution is 2.20. The highest BCUT2D eigenvalue weighted by Gasteiger charge is 2.21. The van der Waals surface area contributed by atoms with Crippen molar-refractivity contribution in [3.05, 3.63) is 23.2 Å². The lowest BCUT2D eigenvalue weighted by molar-refractivity contribution is 0.392. The average molecular weight is 394 g/mol. The number of hydrogen-bond acceptors (Lipinski definition) is 6. The number of guanidine groups is 1. The summed E-state index contributed by atoms with van der Waals surface area (Å²) < 4.78 is 3.19. The van der Waals surface area contributed by atoms with Crippen molar-refractivity contribution in [1.82, 2.24) is 30.4 Å². The Morgan fingerprint density at radius 1 is 1.46 bits per heavy atom. The third-order valence-electron chi connectivity index (χ3n) is 4.11. The maximum atomic E-state index is 4.72. The zero-order valence-corrected chi connectivity index (χ0v) is 17.1. The maximum Gasteiger partial charge on any atom is 0.191 e. The lowest BCUT2D eigenvalue weighted by Gasteiger charge is -2.25. The Morgan fingerprint density at radius 2 is 2.38 bits per heavy atom. The Labute approximate surface area is 163 Å². The second-order valence-electron chi connectivity index (χ2n) is 6.12. The predicted octanol–water partition coefficient (Wildman–Crippen LogP) is 2.35. The Kier molecular flexibility index (Phi) is 7.31. The molecule has 2 aromatic heterocycles. The Morgan fingerprint density at radius 3 is 3.15 bits per heavy atom. The molecule has 0 radical (unpaired) electrons. The number of aryl methyl sites for hydroxylation is 2. The van der Waals surface area contributed by atoms with Crippen LogP contribution in [0, 0.1) is 0 Å². The van der Waals surface area contributed by atoms with Crippen molar-refractivity contribution < 1.29 is 0 Å². The van der Waals surface area contributed by atoms with Crippen molar-refractivity contribution in [2.45, 2.75) is 56.5 Å². The summed E-state index contributed by atoms with van der Waals surface area (Å²) in [5.41, 5.74) is 0. The average Bonchev–Trinajstić information content (AvgIpc) is 3.30. The summed E-state index contributed by atoms with van der Waals surface area (Å²) in [7, 11) is 0. The smallest absolute Gasteiger partial charge is 0.191 e. The number of rotatable bonds is 8. The molecule has 9 heteroatoms. The Balaban J connectivity index is 1.46. The number of nitrogens with zero attached hydrogens (tertiary/aromatic N) is 5. The van der Waals surface area contributed by atoms with Crippen LogP contribution in [0.5, 0.6) is 0 Å². The van der Waals surface area contributed by atoms with Crippen LogP contribution in [0.3, 0.4) is 0 Å². The predicted molar refractivity (Wildman–Crippen MR) is 108 cm³/mol. The first-order valence-electron chi connectivity index (χ1n) is 9.28. The van der Waals surface area contributed by atoms with E-state index in [-0.39, 0.29) is 0 Å². The van der Waals surface area contributed by atoms with Crippen molar-refractivity contribution in [1.29, 1.82) is 0 Å². The van der Waals surface area contributed by atoms with Crippen LogP contribution in [0.2, 0.25) is 0 Å². The van der Waals surface area contributed by atoms with Gasteiger partial charge >= 0.3 is 0 Å². The topological polar surface area (TPSA) is 80.0 Å². The fourth-order valence-corrected chi connectivity index (χ4v) is 4.47. The van der Waals surface area contributed by atoms with Gasteiger partial charge in [-0.25, -0.2) is 14.6 Å². The van der Waals surface area contributed by atoms with Crippen molar-refractivity contribution in [2.24, 2.45) is 4.99 Å². The minimum absolute atomic E-state index is 0.344. The van der Waals surface area contributed by atoms with E-state index in [0.717, 1.165) is 73.0 Å². The summed E-state index contributed by atoms with van der Waals surface area (Å²) in [6.07, 6.45) is 5.81. The first-order chi connectivity index (χ1) is 12.8. The third kappa shape index (κ3) is 5.44. The van der Waals surface area contributed by atoms with Gasteiger partial charge in [0.2, 0.25) is 0 Å². The van der Waals surface area contributed by atoms with E-state index in [1.807, 2.05) is 16.3 Å². The van der Waals surface area contributed by atoms with Crippen molar-refractivity contribution >= 4 is 29.1 Å². The van der Waals surface area contributed by atoms with Crippen LogP contribution in [0.25, 0.3) is 0 Å². The molecular weight excluding hydrogens is 366 g/mol.